The Morgan fingerprint density at radius 2 is 1.93 bits per heavy atom. The molecule has 168 valence electrons. The van der Waals surface area contributed by atoms with Crippen molar-refractivity contribution >= 4 is 5.97 Å². The lowest BCUT2D eigenvalue weighted by Gasteiger charge is -2.47. The van der Waals surface area contributed by atoms with Crippen molar-refractivity contribution in [2.75, 3.05) is 27.3 Å². The Balaban J connectivity index is 1.86. The summed E-state index contributed by atoms with van der Waals surface area (Å²) in [6.45, 7) is 8.45. The molecule has 2 aliphatic rings. The maximum absolute atomic E-state index is 12.6. The van der Waals surface area contributed by atoms with Gasteiger partial charge in [0.25, 0.3) is 0 Å². The zero-order chi connectivity index (χ0) is 21.8. The Labute approximate surface area is 181 Å². The highest BCUT2D eigenvalue weighted by Gasteiger charge is 2.41. The molecule has 0 aromatic heterocycles. The van der Waals surface area contributed by atoms with Crippen LogP contribution in [0.5, 0.6) is 11.5 Å². The number of benzene rings is 1. The summed E-state index contributed by atoms with van der Waals surface area (Å²) in [5.74, 6) is 2.15. The average Bonchev–Trinajstić information content (AvgIpc) is 2.72. The number of piperidine rings is 1. The molecular formula is C24H38N2O4. The first-order valence-electron chi connectivity index (χ1n) is 11.3. The van der Waals surface area contributed by atoms with Gasteiger partial charge < -0.3 is 19.9 Å². The number of ether oxygens (including phenoxy) is 3. The summed E-state index contributed by atoms with van der Waals surface area (Å²) in [4.78, 5) is 15.2. The summed E-state index contributed by atoms with van der Waals surface area (Å²) in [6.07, 6.45) is 4.26. The van der Waals surface area contributed by atoms with Crippen molar-refractivity contribution in [3.63, 3.8) is 0 Å². The number of methoxy groups -OCH3 is 2. The number of hydrogen-bond donors (Lipinski definition) is 1. The van der Waals surface area contributed by atoms with Crippen LogP contribution in [-0.4, -0.2) is 50.3 Å². The van der Waals surface area contributed by atoms with Crippen molar-refractivity contribution in [1.29, 1.82) is 0 Å². The third-order valence-corrected chi connectivity index (χ3v) is 6.51. The summed E-state index contributed by atoms with van der Waals surface area (Å²) in [5, 5.41) is 0. The molecule has 3 rings (SSSR count). The van der Waals surface area contributed by atoms with Gasteiger partial charge in [0.1, 0.15) is 12.1 Å². The van der Waals surface area contributed by atoms with Crippen molar-refractivity contribution in [2.45, 2.75) is 71.1 Å². The molecule has 0 bridgehead atoms. The number of carbonyl (C=O) groups excluding carboxylic acids is 1. The van der Waals surface area contributed by atoms with Crippen LogP contribution in [0.3, 0.4) is 0 Å². The number of hydrogen-bond acceptors (Lipinski definition) is 6. The van der Waals surface area contributed by atoms with Crippen LogP contribution >= 0.6 is 0 Å². The molecule has 1 saturated heterocycles. The van der Waals surface area contributed by atoms with Crippen molar-refractivity contribution < 1.29 is 19.0 Å². The summed E-state index contributed by atoms with van der Waals surface area (Å²) in [5.41, 5.74) is 8.61. The highest BCUT2D eigenvalue weighted by atomic mass is 16.5. The maximum Gasteiger partial charge on any atom is 0.323 e. The standard InChI is InChI=1S/C24H38N2O4/c1-6-7-19(25)24(27)30-21-13-20-18-12-23(29-5)22(28-4)11-16(18)8-9-26(20)14-17(21)10-15(2)3/h11-12,15,17,19-21H,6-10,13-14,25H2,1-5H3. The fourth-order valence-electron chi connectivity index (χ4n) is 5.05. The molecule has 1 fully saturated rings. The van der Waals surface area contributed by atoms with E-state index in [1.165, 1.54) is 11.1 Å². The molecule has 4 atom stereocenters. The second kappa shape index (κ2) is 10.0. The van der Waals surface area contributed by atoms with Crippen LogP contribution in [0.15, 0.2) is 12.1 Å². The molecule has 2 N–H and O–H groups in total. The number of fused-ring (bicyclic) bond motifs is 3. The molecule has 1 aromatic rings. The SMILES string of the molecule is CCCC(N)C(=O)OC1CC2c3cc(OC)c(OC)cc3CCN2CC1CC(C)C. The molecule has 0 saturated carbocycles. The quantitative estimate of drug-likeness (QED) is 0.649. The largest absolute Gasteiger partial charge is 0.493 e. The topological polar surface area (TPSA) is 74.0 Å². The minimum atomic E-state index is -0.532. The molecule has 1 aromatic carbocycles. The summed E-state index contributed by atoms with van der Waals surface area (Å²) >= 11 is 0. The Morgan fingerprint density at radius 3 is 2.57 bits per heavy atom. The highest BCUT2D eigenvalue weighted by molar-refractivity contribution is 5.75. The molecule has 6 nitrogen and oxygen atoms in total. The van der Waals surface area contributed by atoms with Gasteiger partial charge in [0.15, 0.2) is 11.5 Å². The normalized spacial score (nSPS) is 24.7. The molecule has 6 heteroatoms. The summed E-state index contributed by atoms with van der Waals surface area (Å²) < 4.78 is 17.1. The monoisotopic (exact) mass is 418 g/mol. The van der Waals surface area contributed by atoms with Gasteiger partial charge in [-0.05, 0) is 48.4 Å². The average molecular weight is 419 g/mol. The molecule has 0 aliphatic carbocycles. The van der Waals surface area contributed by atoms with Gasteiger partial charge in [-0.1, -0.05) is 27.2 Å². The van der Waals surface area contributed by atoms with E-state index in [9.17, 15) is 4.79 Å². The first-order chi connectivity index (χ1) is 14.4. The van der Waals surface area contributed by atoms with Gasteiger partial charge in [-0.3, -0.25) is 9.69 Å². The van der Waals surface area contributed by atoms with E-state index >= 15 is 0 Å². The first-order valence-corrected chi connectivity index (χ1v) is 11.3. The Bertz CT molecular complexity index is 736. The maximum atomic E-state index is 12.6. The summed E-state index contributed by atoms with van der Waals surface area (Å²) in [7, 11) is 3.34. The van der Waals surface area contributed by atoms with Gasteiger partial charge in [0.05, 0.1) is 14.2 Å². The number of nitrogens with two attached hydrogens (primary N) is 1. The van der Waals surface area contributed by atoms with Gasteiger partial charge in [-0.25, -0.2) is 0 Å². The Morgan fingerprint density at radius 1 is 1.23 bits per heavy atom. The zero-order valence-electron chi connectivity index (χ0n) is 19.1. The Hall–Kier alpha value is -1.79. The van der Waals surface area contributed by atoms with E-state index < -0.39 is 6.04 Å². The number of esters is 1. The fraction of sp³-hybridized carbons (Fsp3) is 0.708. The second-order valence-electron chi connectivity index (χ2n) is 9.16. The molecule has 0 amide bonds. The van der Waals surface area contributed by atoms with Gasteiger partial charge in [0, 0.05) is 31.5 Å². The van der Waals surface area contributed by atoms with Crippen LogP contribution in [0.2, 0.25) is 0 Å². The molecule has 2 heterocycles. The molecular weight excluding hydrogens is 380 g/mol. The van der Waals surface area contributed by atoms with E-state index in [0.717, 1.165) is 50.3 Å². The fourth-order valence-corrected chi connectivity index (χ4v) is 5.05. The zero-order valence-corrected chi connectivity index (χ0v) is 19.1. The van der Waals surface area contributed by atoms with E-state index in [2.05, 4.69) is 30.9 Å². The van der Waals surface area contributed by atoms with Crippen LogP contribution in [-0.2, 0) is 16.0 Å². The van der Waals surface area contributed by atoms with Crippen molar-refractivity contribution in [2.24, 2.45) is 17.6 Å². The van der Waals surface area contributed by atoms with Crippen LogP contribution in [0, 0.1) is 11.8 Å². The van der Waals surface area contributed by atoms with Crippen molar-refractivity contribution in [3.05, 3.63) is 23.3 Å². The number of nitrogens with zero attached hydrogens (tertiary/aromatic N) is 1. The molecule has 0 spiro atoms. The van der Waals surface area contributed by atoms with Crippen molar-refractivity contribution in [3.8, 4) is 11.5 Å². The predicted molar refractivity (Wildman–Crippen MR) is 118 cm³/mol. The van der Waals surface area contributed by atoms with Gasteiger partial charge in [-0.2, -0.15) is 0 Å². The van der Waals surface area contributed by atoms with E-state index in [0.29, 0.717) is 18.3 Å². The molecule has 2 aliphatic heterocycles. The highest BCUT2D eigenvalue weighted by Crippen LogP contribution is 2.44. The van der Waals surface area contributed by atoms with Gasteiger partial charge in [0.2, 0.25) is 0 Å². The lowest BCUT2D eigenvalue weighted by atomic mass is 9.79. The first kappa shape index (κ1) is 22.9. The minimum Gasteiger partial charge on any atom is -0.493 e. The summed E-state index contributed by atoms with van der Waals surface area (Å²) in [6, 6.07) is 3.90. The van der Waals surface area contributed by atoms with E-state index in [4.69, 9.17) is 19.9 Å². The smallest absolute Gasteiger partial charge is 0.323 e. The van der Waals surface area contributed by atoms with E-state index in [1.807, 2.05) is 6.92 Å². The Kier molecular flexibility index (Phi) is 7.64. The van der Waals surface area contributed by atoms with E-state index in [1.54, 1.807) is 14.2 Å². The molecule has 30 heavy (non-hydrogen) atoms. The number of carbonyl (C=O) groups is 1. The van der Waals surface area contributed by atoms with Gasteiger partial charge >= 0.3 is 5.97 Å². The third-order valence-electron chi connectivity index (χ3n) is 6.51. The minimum absolute atomic E-state index is 0.108. The number of rotatable bonds is 8. The second-order valence-corrected chi connectivity index (χ2v) is 9.16. The molecule has 4 unspecified atom stereocenters. The van der Waals surface area contributed by atoms with Crippen molar-refractivity contribution in [1.82, 2.24) is 4.90 Å². The lowest BCUT2D eigenvalue weighted by Crippen LogP contribution is -2.50. The van der Waals surface area contributed by atoms with E-state index in [-0.39, 0.29) is 18.1 Å². The van der Waals surface area contributed by atoms with Crippen LogP contribution in [0.25, 0.3) is 0 Å². The van der Waals surface area contributed by atoms with Crippen LogP contribution < -0.4 is 15.2 Å². The van der Waals surface area contributed by atoms with Crippen LogP contribution in [0.1, 0.15) is 63.6 Å². The van der Waals surface area contributed by atoms with Gasteiger partial charge in [-0.15, -0.1) is 0 Å². The third kappa shape index (κ3) is 4.92. The lowest BCUT2D eigenvalue weighted by molar-refractivity contribution is -0.159. The van der Waals surface area contributed by atoms with Crippen LogP contribution in [0.4, 0.5) is 0 Å². The molecule has 0 radical (unpaired) electrons. The predicted octanol–water partition coefficient (Wildman–Crippen LogP) is 3.71.